The fourth-order valence-electron chi connectivity index (χ4n) is 2.05. The topological polar surface area (TPSA) is 91.8 Å². The highest BCUT2D eigenvalue weighted by Crippen LogP contribution is 2.25. The highest BCUT2D eigenvalue weighted by atomic mass is 16.3. The van der Waals surface area contributed by atoms with Gasteiger partial charge in [0.25, 0.3) is 5.56 Å². The fraction of sp³-hybridized carbons (Fsp3) is 0.0667. The molecule has 21 heavy (non-hydrogen) atoms. The van der Waals surface area contributed by atoms with E-state index >= 15 is 0 Å². The first-order valence-corrected chi connectivity index (χ1v) is 6.33. The van der Waals surface area contributed by atoms with Crippen LogP contribution < -0.4 is 5.56 Å². The van der Waals surface area contributed by atoms with Crippen LogP contribution in [0.3, 0.4) is 0 Å². The summed E-state index contributed by atoms with van der Waals surface area (Å²) in [6.45, 7) is 1.91. The summed E-state index contributed by atoms with van der Waals surface area (Å²) in [5.41, 5.74) is 1.30. The third kappa shape index (κ3) is 2.51. The molecular formula is C15H12N4O2. The first kappa shape index (κ1) is 13.0. The van der Waals surface area contributed by atoms with E-state index in [4.69, 9.17) is 0 Å². The summed E-state index contributed by atoms with van der Waals surface area (Å²) in [5.74, 6) is 0.0435. The van der Waals surface area contributed by atoms with Gasteiger partial charge in [0, 0.05) is 12.4 Å². The summed E-state index contributed by atoms with van der Waals surface area (Å²) in [6.07, 6.45) is 3.07. The number of benzene rings is 1. The number of aryl methyl sites for hydroxylation is 1. The predicted molar refractivity (Wildman–Crippen MR) is 77.7 cm³/mol. The molecule has 0 fully saturated rings. The molecule has 6 heteroatoms. The molecule has 0 spiro atoms. The molecule has 0 aliphatic heterocycles. The Hall–Kier alpha value is -3.02. The smallest absolute Gasteiger partial charge is 0.263 e. The van der Waals surface area contributed by atoms with Crippen LogP contribution in [0.5, 0.6) is 5.88 Å². The van der Waals surface area contributed by atoms with Gasteiger partial charge in [-0.15, -0.1) is 0 Å². The molecule has 0 bridgehead atoms. The van der Waals surface area contributed by atoms with Crippen LogP contribution in [0.1, 0.15) is 5.56 Å². The molecule has 0 saturated carbocycles. The number of hydrogen-bond donors (Lipinski definition) is 2. The monoisotopic (exact) mass is 280 g/mol. The lowest BCUT2D eigenvalue weighted by molar-refractivity contribution is 0.454. The van der Waals surface area contributed by atoms with Crippen molar-refractivity contribution in [2.75, 3.05) is 0 Å². The summed E-state index contributed by atoms with van der Waals surface area (Å²) < 4.78 is 0. The molecule has 1 aromatic carbocycles. The Morgan fingerprint density at radius 3 is 2.57 bits per heavy atom. The molecule has 2 N–H and O–H groups in total. The first-order chi connectivity index (χ1) is 10.1. The van der Waals surface area contributed by atoms with Gasteiger partial charge in [-0.05, 0) is 18.6 Å². The van der Waals surface area contributed by atoms with Crippen molar-refractivity contribution >= 4 is 0 Å². The van der Waals surface area contributed by atoms with Crippen molar-refractivity contribution in [3.8, 4) is 28.7 Å². The van der Waals surface area contributed by atoms with Gasteiger partial charge in [0.2, 0.25) is 5.88 Å². The zero-order chi connectivity index (χ0) is 14.8. The zero-order valence-corrected chi connectivity index (χ0v) is 11.2. The van der Waals surface area contributed by atoms with Gasteiger partial charge >= 0.3 is 0 Å². The normalized spacial score (nSPS) is 10.5. The average molecular weight is 280 g/mol. The molecule has 0 aliphatic rings. The third-order valence-electron chi connectivity index (χ3n) is 2.98. The molecule has 0 amide bonds. The molecule has 2 aromatic heterocycles. The first-order valence-electron chi connectivity index (χ1n) is 6.33. The van der Waals surface area contributed by atoms with E-state index in [2.05, 4.69) is 19.9 Å². The third-order valence-corrected chi connectivity index (χ3v) is 2.98. The van der Waals surface area contributed by atoms with Crippen molar-refractivity contribution < 1.29 is 5.11 Å². The number of hydrogen-bond acceptors (Lipinski definition) is 5. The molecule has 0 aliphatic carbocycles. The Bertz CT molecular complexity index is 844. The number of H-pyrrole nitrogens is 1. The van der Waals surface area contributed by atoms with E-state index in [1.807, 2.05) is 25.1 Å². The van der Waals surface area contributed by atoms with E-state index in [9.17, 15) is 9.90 Å². The van der Waals surface area contributed by atoms with Gasteiger partial charge in [0.05, 0.1) is 0 Å². The summed E-state index contributed by atoms with van der Waals surface area (Å²) in [6, 6.07) is 8.94. The van der Waals surface area contributed by atoms with Crippen molar-refractivity contribution in [1.29, 1.82) is 0 Å². The van der Waals surface area contributed by atoms with Gasteiger partial charge in [0.15, 0.2) is 11.6 Å². The molecular weight excluding hydrogens is 268 g/mol. The van der Waals surface area contributed by atoms with Gasteiger partial charge in [0.1, 0.15) is 5.56 Å². The van der Waals surface area contributed by atoms with Gasteiger partial charge in [-0.2, -0.15) is 4.98 Å². The predicted octanol–water partition coefficient (Wildman–Crippen LogP) is 1.91. The highest BCUT2D eigenvalue weighted by molar-refractivity contribution is 5.68. The van der Waals surface area contributed by atoms with Crippen LogP contribution in [0.25, 0.3) is 22.8 Å². The van der Waals surface area contributed by atoms with Crippen LogP contribution >= 0.6 is 0 Å². The molecule has 0 saturated heterocycles. The van der Waals surface area contributed by atoms with Crippen molar-refractivity contribution in [1.82, 2.24) is 19.9 Å². The zero-order valence-electron chi connectivity index (χ0n) is 11.2. The van der Waals surface area contributed by atoms with Crippen molar-refractivity contribution in [2.24, 2.45) is 0 Å². The summed E-state index contributed by atoms with van der Waals surface area (Å²) in [5, 5.41) is 10.1. The van der Waals surface area contributed by atoms with Crippen LogP contribution in [0, 0.1) is 6.92 Å². The van der Waals surface area contributed by atoms with Crippen molar-refractivity contribution in [3.63, 3.8) is 0 Å². The Kier molecular flexibility index (Phi) is 3.19. The van der Waals surface area contributed by atoms with Crippen molar-refractivity contribution in [3.05, 3.63) is 58.6 Å². The highest BCUT2D eigenvalue weighted by Gasteiger charge is 2.14. The quantitative estimate of drug-likeness (QED) is 0.748. The minimum atomic E-state index is -0.435. The molecule has 104 valence electrons. The molecule has 3 rings (SSSR count). The van der Waals surface area contributed by atoms with Gasteiger partial charge in [-0.3, -0.25) is 4.79 Å². The second-order valence-electron chi connectivity index (χ2n) is 4.56. The van der Waals surface area contributed by atoms with E-state index in [0.717, 1.165) is 5.56 Å². The van der Waals surface area contributed by atoms with Crippen LogP contribution in [-0.4, -0.2) is 25.0 Å². The number of nitrogens with zero attached hydrogens (tertiary/aromatic N) is 3. The van der Waals surface area contributed by atoms with Crippen molar-refractivity contribution in [2.45, 2.75) is 6.92 Å². The molecule has 0 atom stereocenters. The molecule has 0 radical (unpaired) electrons. The lowest BCUT2D eigenvalue weighted by Crippen LogP contribution is -2.13. The molecule has 0 unspecified atom stereocenters. The van der Waals surface area contributed by atoms with Crippen LogP contribution in [0.4, 0.5) is 0 Å². The van der Waals surface area contributed by atoms with E-state index < -0.39 is 5.56 Å². The maximum atomic E-state index is 12.2. The van der Waals surface area contributed by atoms with E-state index in [-0.39, 0.29) is 23.1 Å². The number of nitrogens with one attached hydrogen (secondary N) is 1. The second-order valence-corrected chi connectivity index (χ2v) is 4.56. The van der Waals surface area contributed by atoms with Crippen LogP contribution in [0.2, 0.25) is 0 Å². The maximum Gasteiger partial charge on any atom is 0.263 e. The Labute approximate surface area is 120 Å². The second kappa shape index (κ2) is 5.16. The summed E-state index contributed by atoms with van der Waals surface area (Å²) in [7, 11) is 0. The maximum absolute atomic E-state index is 12.2. The molecule has 2 heterocycles. The average Bonchev–Trinajstić information content (AvgIpc) is 2.47. The van der Waals surface area contributed by atoms with E-state index in [1.54, 1.807) is 12.1 Å². The van der Waals surface area contributed by atoms with Gasteiger partial charge in [-0.1, -0.05) is 29.8 Å². The Balaban J connectivity index is 2.16. The standard InChI is InChI=1S/C15H12N4O2/c1-9-4-2-5-10(8-9)11-14(20)18-13(19-15(11)21)12-16-6-3-7-17-12/h2-8H,1H3,(H2,18,19,20,21). The summed E-state index contributed by atoms with van der Waals surface area (Å²) >= 11 is 0. The lowest BCUT2D eigenvalue weighted by Gasteiger charge is -2.06. The van der Waals surface area contributed by atoms with E-state index in [1.165, 1.54) is 12.4 Å². The van der Waals surface area contributed by atoms with Crippen LogP contribution in [0.15, 0.2) is 47.5 Å². The number of aromatic hydroxyl groups is 1. The van der Waals surface area contributed by atoms with Crippen LogP contribution in [-0.2, 0) is 0 Å². The SMILES string of the molecule is Cc1cccc(-c2c(O)nc(-c3ncccn3)[nH]c2=O)c1. The molecule has 6 nitrogen and oxygen atoms in total. The minimum Gasteiger partial charge on any atom is -0.493 e. The molecule has 3 aromatic rings. The fourth-order valence-corrected chi connectivity index (χ4v) is 2.05. The van der Waals surface area contributed by atoms with Gasteiger partial charge < -0.3 is 10.1 Å². The minimum absolute atomic E-state index is 0.134. The summed E-state index contributed by atoms with van der Waals surface area (Å²) in [4.78, 5) is 26.8. The number of aromatic amines is 1. The Morgan fingerprint density at radius 2 is 1.90 bits per heavy atom. The largest absolute Gasteiger partial charge is 0.493 e. The lowest BCUT2D eigenvalue weighted by atomic mass is 10.1. The van der Waals surface area contributed by atoms with Gasteiger partial charge in [-0.25, -0.2) is 9.97 Å². The van der Waals surface area contributed by atoms with E-state index in [0.29, 0.717) is 5.56 Å². The number of aromatic nitrogens is 4. The number of rotatable bonds is 2. The Morgan fingerprint density at radius 1 is 1.14 bits per heavy atom.